The summed E-state index contributed by atoms with van der Waals surface area (Å²) in [5, 5.41) is 8.61. The third kappa shape index (κ3) is 2.24. The molecule has 0 spiro atoms. The maximum Gasteiger partial charge on any atom is 0.157 e. The minimum Gasteiger partial charge on any atom is -0.364 e. The number of fused-ring (bicyclic) bond motifs is 3. The fourth-order valence-electron chi connectivity index (χ4n) is 2.97. The molecule has 2 heterocycles. The van der Waals surface area contributed by atoms with Crippen LogP contribution in [-0.2, 0) is 13.0 Å². The number of hydrogen-bond acceptors (Lipinski definition) is 3. The third-order valence-corrected chi connectivity index (χ3v) is 4.12. The van der Waals surface area contributed by atoms with Crippen LogP contribution in [-0.4, -0.2) is 26.2 Å². The van der Waals surface area contributed by atoms with Crippen LogP contribution in [0.15, 0.2) is 24.8 Å². The van der Waals surface area contributed by atoms with Crippen molar-refractivity contribution in [1.29, 1.82) is 0 Å². The number of benzene rings is 1. The zero-order chi connectivity index (χ0) is 15.0. The van der Waals surface area contributed by atoms with Crippen molar-refractivity contribution in [2.75, 3.05) is 6.54 Å². The van der Waals surface area contributed by atoms with Crippen LogP contribution in [0.5, 0.6) is 0 Å². The molecule has 110 valence electrons. The topological polar surface area (TPSA) is 34.0 Å². The van der Waals surface area contributed by atoms with Crippen molar-refractivity contribution < 1.29 is 0 Å². The molecule has 0 radical (unpaired) electrons. The van der Waals surface area contributed by atoms with Gasteiger partial charge in [0.1, 0.15) is 5.82 Å². The van der Waals surface area contributed by atoms with Gasteiger partial charge in [0.15, 0.2) is 5.82 Å². The van der Waals surface area contributed by atoms with Gasteiger partial charge in [-0.1, -0.05) is 26.5 Å². The Morgan fingerprint density at radius 1 is 1.24 bits per heavy atom. The highest BCUT2D eigenvalue weighted by Gasteiger charge is 2.24. The monoisotopic (exact) mass is 282 g/mol. The number of aryl methyl sites for hydroxylation is 2. The first-order valence-corrected chi connectivity index (χ1v) is 7.64. The van der Waals surface area contributed by atoms with Gasteiger partial charge < -0.3 is 4.90 Å². The van der Waals surface area contributed by atoms with E-state index in [0.717, 1.165) is 49.0 Å². The summed E-state index contributed by atoms with van der Waals surface area (Å²) in [6, 6.07) is 6.62. The van der Waals surface area contributed by atoms with Crippen LogP contribution in [0.4, 0.5) is 0 Å². The molecule has 0 saturated heterocycles. The summed E-state index contributed by atoms with van der Waals surface area (Å²) in [4.78, 5) is 2.31. The second kappa shape index (κ2) is 5.35. The van der Waals surface area contributed by atoms with Gasteiger partial charge in [0.2, 0.25) is 0 Å². The lowest BCUT2D eigenvalue weighted by Gasteiger charge is -2.24. The van der Waals surface area contributed by atoms with Gasteiger partial charge in [-0.05, 0) is 37.5 Å². The first-order chi connectivity index (χ1) is 10.2. The third-order valence-electron chi connectivity index (χ3n) is 4.12. The summed E-state index contributed by atoms with van der Waals surface area (Å²) in [7, 11) is 0. The van der Waals surface area contributed by atoms with Crippen molar-refractivity contribution >= 4 is 5.70 Å². The highest BCUT2D eigenvalue weighted by atomic mass is 15.3. The van der Waals surface area contributed by atoms with Crippen molar-refractivity contribution in [3.8, 4) is 5.69 Å². The molecule has 1 aliphatic rings. The van der Waals surface area contributed by atoms with Gasteiger partial charge in [0, 0.05) is 17.8 Å². The summed E-state index contributed by atoms with van der Waals surface area (Å²) in [6.45, 7) is 12.5. The Labute approximate surface area is 126 Å². The van der Waals surface area contributed by atoms with Gasteiger partial charge in [-0.25, -0.2) is 0 Å². The molecule has 0 saturated carbocycles. The average Bonchev–Trinajstić information content (AvgIpc) is 2.80. The maximum atomic E-state index is 4.35. The fourth-order valence-corrected chi connectivity index (χ4v) is 2.97. The molecule has 0 aliphatic carbocycles. The Balaban J connectivity index is 2.22. The molecule has 1 aromatic carbocycles. The summed E-state index contributed by atoms with van der Waals surface area (Å²) < 4.78 is 2.16. The number of rotatable bonds is 3. The van der Waals surface area contributed by atoms with E-state index >= 15 is 0 Å². The van der Waals surface area contributed by atoms with Crippen molar-refractivity contribution in [3.63, 3.8) is 0 Å². The van der Waals surface area contributed by atoms with Crippen LogP contribution in [0.3, 0.4) is 0 Å². The van der Waals surface area contributed by atoms with Crippen LogP contribution in [0, 0.1) is 6.92 Å². The highest BCUT2D eigenvalue weighted by molar-refractivity contribution is 5.71. The first kappa shape index (κ1) is 13.9. The minimum absolute atomic E-state index is 0.768. The Bertz CT molecular complexity index is 684. The normalized spacial score (nSPS) is 13.9. The van der Waals surface area contributed by atoms with Gasteiger partial charge in [-0.2, -0.15) is 0 Å². The standard InChI is InChI=1S/C17H22N4/c1-5-9-20-11-17-19-18-13(4)21(17)16-8-7-14(6-2)10-15(16)12(20)3/h7-8,10H,3,5-6,9,11H2,1-2,4H3. The van der Waals surface area contributed by atoms with Crippen molar-refractivity contribution in [2.45, 2.75) is 40.2 Å². The molecule has 3 rings (SSSR count). The Hall–Kier alpha value is -2.10. The molecule has 0 N–H and O–H groups in total. The highest BCUT2D eigenvalue weighted by Crippen LogP contribution is 2.32. The van der Waals surface area contributed by atoms with Crippen LogP contribution < -0.4 is 0 Å². The summed E-state index contributed by atoms with van der Waals surface area (Å²) in [5.74, 6) is 1.92. The SMILES string of the molecule is C=C1c2cc(CC)ccc2-n2c(C)nnc2CN1CCC. The molecule has 4 nitrogen and oxygen atoms in total. The van der Waals surface area contributed by atoms with Gasteiger partial charge in [0.25, 0.3) is 0 Å². The molecule has 1 aromatic heterocycles. The van der Waals surface area contributed by atoms with E-state index in [0.29, 0.717) is 0 Å². The first-order valence-electron chi connectivity index (χ1n) is 7.64. The van der Waals surface area contributed by atoms with Crippen molar-refractivity contribution in [1.82, 2.24) is 19.7 Å². The van der Waals surface area contributed by atoms with Crippen LogP contribution >= 0.6 is 0 Å². The molecule has 21 heavy (non-hydrogen) atoms. The largest absolute Gasteiger partial charge is 0.364 e. The smallest absolute Gasteiger partial charge is 0.157 e. The quantitative estimate of drug-likeness (QED) is 0.866. The summed E-state index contributed by atoms with van der Waals surface area (Å²) >= 11 is 0. The number of aromatic nitrogens is 3. The van der Waals surface area contributed by atoms with Gasteiger partial charge in [-0.3, -0.25) is 4.57 Å². The Morgan fingerprint density at radius 2 is 2.05 bits per heavy atom. The molecule has 2 aromatic rings. The molecule has 0 amide bonds. The van der Waals surface area contributed by atoms with Crippen molar-refractivity contribution in [3.05, 3.63) is 47.6 Å². The fraction of sp³-hybridized carbons (Fsp3) is 0.412. The molecule has 1 aliphatic heterocycles. The van der Waals surface area contributed by atoms with Gasteiger partial charge in [-0.15, -0.1) is 10.2 Å². The van der Waals surface area contributed by atoms with E-state index in [2.05, 4.69) is 58.3 Å². The Kier molecular flexibility index (Phi) is 3.53. The lowest BCUT2D eigenvalue weighted by atomic mass is 10.0. The number of nitrogens with zero attached hydrogens (tertiary/aromatic N) is 4. The summed E-state index contributed by atoms with van der Waals surface area (Å²) in [5.41, 5.74) is 4.77. The van der Waals surface area contributed by atoms with Crippen LogP contribution in [0.1, 0.15) is 43.0 Å². The zero-order valence-electron chi connectivity index (χ0n) is 13.1. The molecule has 0 atom stereocenters. The van der Waals surface area contributed by atoms with Crippen LogP contribution in [0.2, 0.25) is 0 Å². The zero-order valence-corrected chi connectivity index (χ0v) is 13.1. The van der Waals surface area contributed by atoms with E-state index in [1.54, 1.807) is 0 Å². The van der Waals surface area contributed by atoms with E-state index in [4.69, 9.17) is 0 Å². The van der Waals surface area contributed by atoms with E-state index < -0.39 is 0 Å². The minimum atomic E-state index is 0.768. The average molecular weight is 282 g/mol. The molecule has 0 fully saturated rings. The van der Waals surface area contributed by atoms with E-state index in [1.165, 1.54) is 11.1 Å². The predicted molar refractivity (Wildman–Crippen MR) is 85.2 cm³/mol. The lowest BCUT2D eigenvalue weighted by Crippen LogP contribution is -2.21. The van der Waals surface area contributed by atoms with E-state index in [1.807, 2.05) is 6.92 Å². The lowest BCUT2D eigenvalue weighted by molar-refractivity contribution is 0.382. The van der Waals surface area contributed by atoms with Crippen molar-refractivity contribution in [2.24, 2.45) is 0 Å². The van der Waals surface area contributed by atoms with Gasteiger partial charge >= 0.3 is 0 Å². The number of hydrogen-bond donors (Lipinski definition) is 0. The molecule has 4 heteroatoms. The molecular formula is C17H22N4. The maximum absolute atomic E-state index is 4.35. The van der Waals surface area contributed by atoms with Gasteiger partial charge in [0.05, 0.1) is 12.2 Å². The van der Waals surface area contributed by atoms with Crippen LogP contribution in [0.25, 0.3) is 11.4 Å². The van der Waals surface area contributed by atoms with E-state index in [9.17, 15) is 0 Å². The molecular weight excluding hydrogens is 260 g/mol. The second-order valence-electron chi connectivity index (χ2n) is 5.57. The Morgan fingerprint density at radius 3 is 2.76 bits per heavy atom. The predicted octanol–water partition coefficient (Wildman–Crippen LogP) is 3.33. The molecule has 0 unspecified atom stereocenters. The second-order valence-corrected chi connectivity index (χ2v) is 5.57. The molecule has 0 bridgehead atoms. The summed E-state index contributed by atoms with van der Waals surface area (Å²) in [6.07, 6.45) is 2.12. The van der Waals surface area contributed by atoms with E-state index in [-0.39, 0.29) is 0 Å².